The Kier molecular flexibility index (Phi) is 5.50. The van der Waals surface area contributed by atoms with Gasteiger partial charge in [0.15, 0.2) is 0 Å². The van der Waals surface area contributed by atoms with E-state index in [9.17, 15) is 13.4 Å². The molecule has 1 saturated heterocycles. The smallest absolute Gasteiger partial charge is 0.266 e. The highest BCUT2D eigenvalue weighted by Gasteiger charge is 2.17. The lowest BCUT2D eigenvalue weighted by Gasteiger charge is -2.25. The van der Waals surface area contributed by atoms with Crippen molar-refractivity contribution in [2.75, 3.05) is 24.7 Å². The summed E-state index contributed by atoms with van der Waals surface area (Å²) in [5.41, 5.74) is 0.483. The Morgan fingerprint density at radius 2 is 1.86 bits per heavy atom. The van der Waals surface area contributed by atoms with Crippen molar-refractivity contribution in [3.05, 3.63) is 41.2 Å². The summed E-state index contributed by atoms with van der Waals surface area (Å²) in [7, 11) is -1.38. The van der Waals surface area contributed by atoms with E-state index in [1.807, 2.05) is 4.90 Å². The van der Waals surface area contributed by atoms with Crippen LogP contribution in [-0.2, 0) is 15.6 Å². The summed E-state index contributed by atoms with van der Waals surface area (Å²) in [5.74, 6) is -0.774. The van der Waals surface area contributed by atoms with Gasteiger partial charge in [-0.05, 0) is 43.5 Å². The predicted molar refractivity (Wildman–Crippen MR) is 82.6 cm³/mol. The van der Waals surface area contributed by atoms with Crippen molar-refractivity contribution in [3.8, 4) is 0 Å². The molecule has 4 nitrogen and oxygen atoms in total. The molecule has 0 radical (unpaired) electrons. The second kappa shape index (κ2) is 7.36. The molecule has 1 heterocycles. The molecule has 1 amide bonds. The van der Waals surface area contributed by atoms with Gasteiger partial charge in [0.2, 0.25) is 0 Å². The van der Waals surface area contributed by atoms with Gasteiger partial charge in [-0.1, -0.05) is 0 Å². The highest BCUT2D eigenvalue weighted by atomic mass is 32.2. The van der Waals surface area contributed by atoms with Crippen LogP contribution in [0.2, 0.25) is 0 Å². The highest BCUT2D eigenvalue weighted by Crippen LogP contribution is 2.14. The van der Waals surface area contributed by atoms with E-state index in [0.29, 0.717) is 5.69 Å². The number of piperidine rings is 1. The van der Waals surface area contributed by atoms with Crippen molar-refractivity contribution in [3.63, 3.8) is 0 Å². The van der Waals surface area contributed by atoms with Gasteiger partial charge in [0.25, 0.3) is 5.91 Å². The molecule has 1 aliphatic heterocycles. The first-order valence-corrected chi connectivity index (χ1v) is 8.48. The van der Waals surface area contributed by atoms with Crippen LogP contribution in [0.3, 0.4) is 0 Å². The molecule has 1 aromatic carbocycles. The van der Waals surface area contributed by atoms with Gasteiger partial charge in [-0.2, -0.15) is 0 Å². The van der Waals surface area contributed by atoms with Crippen molar-refractivity contribution in [2.24, 2.45) is 0 Å². The summed E-state index contributed by atoms with van der Waals surface area (Å²) in [6, 6.07) is 5.49. The number of likely N-dealkylation sites (tertiary alicyclic amines) is 1. The van der Waals surface area contributed by atoms with Crippen molar-refractivity contribution in [1.29, 1.82) is 0 Å². The van der Waals surface area contributed by atoms with Crippen molar-refractivity contribution in [2.45, 2.75) is 19.3 Å². The number of hydrogen-bond acceptors (Lipinski definition) is 3. The molecule has 1 unspecified atom stereocenters. The number of carbonyl (C=O) groups is 1. The fourth-order valence-corrected chi connectivity index (χ4v) is 2.81. The van der Waals surface area contributed by atoms with Crippen molar-refractivity contribution >= 4 is 22.4 Å². The molecule has 1 atom stereocenters. The molecular weight excluding hydrogens is 291 g/mol. The number of amides is 1. The van der Waals surface area contributed by atoms with Gasteiger partial charge in [-0.25, -0.2) is 4.39 Å². The third kappa shape index (κ3) is 4.67. The summed E-state index contributed by atoms with van der Waals surface area (Å²) in [5, 5.41) is 2.65. The third-order valence-corrected chi connectivity index (χ3v) is 4.24. The number of benzene rings is 1. The second-order valence-electron chi connectivity index (χ2n) is 5.01. The summed E-state index contributed by atoms with van der Waals surface area (Å²) in [4.78, 5) is 14.5. The summed E-state index contributed by atoms with van der Waals surface area (Å²) in [6.45, 7) is 1.76. The lowest BCUT2D eigenvalue weighted by Crippen LogP contribution is -2.27. The Bertz CT molecular complexity index is 551. The molecule has 6 heteroatoms. The maximum atomic E-state index is 12.8. The van der Waals surface area contributed by atoms with Crippen LogP contribution in [0.25, 0.3) is 0 Å². The minimum atomic E-state index is -1.38. The molecule has 0 aliphatic carbocycles. The van der Waals surface area contributed by atoms with E-state index in [4.69, 9.17) is 0 Å². The molecule has 21 heavy (non-hydrogen) atoms. The average Bonchev–Trinajstić information content (AvgIpc) is 2.48. The Labute approximate surface area is 126 Å². The number of hydrogen-bond donors (Lipinski definition) is 1. The minimum absolute atomic E-state index is 0.237. The standard InChI is InChI=1S/C15H19FN2O2S/c1-21(20)14(11-18-9-3-2-4-10-18)15(19)17-13-7-5-12(16)6-8-13/h5-8,11H,2-4,9-10H2,1H3,(H,17,19)/b14-11+. The monoisotopic (exact) mass is 310 g/mol. The average molecular weight is 310 g/mol. The van der Waals surface area contributed by atoms with Gasteiger partial charge < -0.3 is 10.2 Å². The first-order chi connectivity index (χ1) is 10.1. The maximum Gasteiger partial charge on any atom is 0.266 e. The van der Waals surface area contributed by atoms with E-state index in [-0.39, 0.29) is 10.7 Å². The lowest BCUT2D eigenvalue weighted by atomic mass is 10.1. The second-order valence-corrected chi connectivity index (χ2v) is 6.35. The van der Waals surface area contributed by atoms with Gasteiger partial charge in [0.05, 0.1) is 10.8 Å². The van der Waals surface area contributed by atoms with Crippen molar-refractivity contribution < 1.29 is 13.4 Å². The molecule has 1 N–H and O–H groups in total. The molecule has 1 fully saturated rings. The zero-order valence-electron chi connectivity index (χ0n) is 12.0. The molecule has 0 aromatic heterocycles. The van der Waals surface area contributed by atoms with Crippen LogP contribution in [0.5, 0.6) is 0 Å². The summed E-state index contributed by atoms with van der Waals surface area (Å²) < 4.78 is 24.6. The third-order valence-electron chi connectivity index (χ3n) is 3.33. The van der Waals surface area contributed by atoms with Gasteiger partial charge in [-0.3, -0.25) is 9.00 Å². The van der Waals surface area contributed by atoms with Crippen LogP contribution >= 0.6 is 0 Å². The normalized spacial score (nSPS) is 17.4. The number of nitrogens with one attached hydrogen (secondary N) is 1. The topological polar surface area (TPSA) is 49.4 Å². The number of rotatable bonds is 4. The van der Waals surface area contributed by atoms with E-state index in [1.54, 1.807) is 6.20 Å². The van der Waals surface area contributed by atoms with Crippen LogP contribution in [-0.4, -0.2) is 34.4 Å². The Balaban J connectivity index is 2.09. The van der Waals surface area contributed by atoms with E-state index in [1.165, 1.54) is 36.9 Å². The van der Waals surface area contributed by atoms with Gasteiger partial charge >= 0.3 is 0 Å². The molecule has 0 spiro atoms. The van der Waals surface area contributed by atoms with Gasteiger partial charge in [0, 0.05) is 31.2 Å². The number of nitrogens with zero attached hydrogens (tertiary/aromatic N) is 1. The Morgan fingerprint density at radius 3 is 2.43 bits per heavy atom. The van der Waals surface area contributed by atoms with Crippen LogP contribution in [0.15, 0.2) is 35.4 Å². The maximum absolute atomic E-state index is 12.8. The number of carbonyl (C=O) groups excluding carboxylic acids is 1. The summed E-state index contributed by atoms with van der Waals surface area (Å²) >= 11 is 0. The SMILES string of the molecule is CS(=O)/C(=C/N1CCCCC1)C(=O)Nc1ccc(F)cc1. The first kappa shape index (κ1) is 15.7. The fourth-order valence-electron chi connectivity index (χ4n) is 2.20. The van der Waals surface area contributed by atoms with Crippen molar-refractivity contribution in [1.82, 2.24) is 4.90 Å². The first-order valence-electron chi connectivity index (χ1n) is 6.92. The van der Waals surface area contributed by atoms with Crippen LogP contribution in [0.4, 0.5) is 10.1 Å². The molecule has 1 aromatic rings. The lowest BCUT2D eigenvalue weighted by molar-refractivity contribution is -0.112. The predicted octanol–water partition coefficient (Wildman–Crippen LogP) is 2.47. The zero-order valence-corrected chi connectivity index (χ0v) is 12.8. The molecule has 114 valence electrons. The van der Waals surface area contributed by atoms with Gasteiger partial charge in [-0.15, -0.1) is 0 Å². The molecule has 2 rings (SSSR count). The molecule has 0 saturated carbocycles. The van der Waals surface area contributed by atoms with Crippen LogP contribution < -0.4 is 5.32 Å². The van der Waals surface area contributed by atoms with Crippen LogP contribution in [0.1, 0.15) is 19.3 Å². The molecular formula is C15H19FN2O2S. The molecule has 1 aliphatic rings. The van der Waals surface area contributed by atoms with Gasteiger partial charge in [0.1, 0.15) is 10.7 Å². The Hall–Kier alpha value is -1.69. The van der Waals surface area contributed by atoms with Crippen LogP contribution in [0, 0.1) is 5.82 Å². The molecule has 0 bridgehead atoms. The number of halogens is 1. The fraction of sp³-hybridized carbons (Fsp3) is 0.400. The van der Waals surface area contributed by atoms with E-state index in [0.717, 1.165) is 25.9 Å². The van der Waals surface area contributed by atoms with E-state index in [2.05, 4.69) is 5.32 Å². The minimum Gasteiger partial charge on any atom is -0.376 e. The zero-order chi connectivity index (χ0) is 15.2. The highest BCUT2D eigenvalue weighted by molar-refractivity contribution is 7.89. The Morgan fingerprint density at radius 1 is 1.24 bits per heavy atom. The van der Waals surface area contributed by atoms with E-state index < -0.39 is 16.7 Å². The van der Waals surface area contributed by atoms with E-state index >= 15 is 0 Å². The number of anilines is 1. The summed E-state index contributed by atoms with van der Waals surface area (Å²) in [6.07, 6.45) is 6.53. The largest absolute Gasteiger partial charge is 0.376 e. The quantitative estimate of drug-likeness (QED) is 0.869.